The first kappa shape index (κ1) is 14.0. The van der Waals surface area contributed by atoms with Gasteiger partial charge in [0.2, 0.25) is 0 Å². The van der Waals surface area contributed by atoms with Crippen LogP contribution in [0.4, 0.5) is 0 Å². The number of aryl methyl sites for hydroxylation is 2. The third-order valence-corrected chi connectivity index (χ3v) is 5.83. The largest absolute Gasteiger partial charge is 0.0626 e. The van der Waals surface area contributed by atoms with Crippen molar-refractivity contribution in [3.8, 4) is 11.1 Å². The minimum Gasteiger partial charge on any atom is -0.0626 e. The Morgan fingerprint density at radius 3 is 2.33 bits per heavy atom. The highest BCUT2D eigenvalue weighted by Gasteiger charge is 2.21. The summed E-state index contributed by atoms with van der Waals surface area (Å²) in [6.07, 6.45) is 5.95. The monoisotopic (exact) mass is 310 g/mol. The third kappa shape index (κ3) is 1.92. The van der Waals surface area contributed by atoms with E-state index in [4.69, 9.17) is 0 Å². The second-order valence-electron chi connectivity index (χ2n) is 7.54. The fourth-order valence-corrected chi connectivity index (χ4v) is 4.48. The van der Waals surface area contributed by atoms with Gasteiger partial charge in [-0.15, -0.1) is 0 Å². The second-order valence-corrected chi connectivity index (χ2v) is 7.54. The van der Waals surface area contributed by atoms with Crippen LogP contribution in [-0.4, -0.2) is 0 Å². The van der Waals surface area contributed by atoms with E-state index in [0.29, 0.717) is 5.92 Å². The Bertz CT molecular complexity index is 992. The van der Waals surface area contributed by atoms with Crippen molar-refractivity contribution < 1.29 is 0 Å². The van der Waals surface area contributed by atoms with Crippen LogP contribution in [0, 0.1) is 5.92 Å². The molecule has 0 unspecified atom stereocenters. The van der Waals surface area contributed by atoms with E-state index in [2.05, 4.69) is 68.5 Å². The molecule has 24 heavy (non-hydrogen) atoms. The number of rotatable bonds is 2. The number of fused-ring (bicyclic) bond motifs is 1. The Labute approximate surface area is 143 Å². The van der Waals surface area contributed by atoms with E-state index < -0.39 is 0 Å². The molecule has 2 aliphatic rings. The topological polar surface area (TPSA) is 0 Å². The molecule has 118 valence electrons. The van der Waals surface area contributed by atoms with E-state index in [-0.39, 0.29) is 0 Å². The summed E-state index contributed by atoms with van der Waals surface area (Å²) in [5.74, 6) is 0.623. The molecule has 0 heteroatoms. The molecule has 5 rings (SSSR count). The van der Waals surface area contributed by atoms with Gasteiger partial charge in [0.25, 0.3) is 0 Å². The Hall–Kier alpha value is -2.34. The summed E-state index contributed by atoms with van der Waals surface area (Å²) in [7, 11) is 0. The van der Waals surface area contributed by atoms with Crippen LogP contribution < -0.4 is 0 Å². The zero-order chi connectivity index (χ0) is 16.3. The summed E-state index contributed by atoms with van der Waals surface area (Å²) in [6.45, 7) is 4.60. The molecule has 0 aliphatic heterocycles. The highest BCUT2D eigenvalue weighted by molar-refractivity contribution is 6.03. The number of allylic oxidation sites excluding steroid dienone is 1. The second kappa shape index (κ2) is 5.08. The third-order valence-electron chi connectivity index (χ3n) is 5.83. The van der Waals surface area contributed by atoms with Crippen LogP contribution in [-0.2, 0) is 19.3 Å². The van der Waals surface area contributed by atoms with Crippen molar-refractivity contribution in [1.82, 2.24) is 0 Å². The Balaban J connectivity index is 1.78. The summed E-state index contributed by atoms with van der Waals surface area (Å²) < 4.78 is 0. The maximum atomic E-state index is 2.44. The molecule has 0 fully saturated rings. The summed E-state index contributed by atoms with van der Waals surface area (Å²) in [5, 5.41) is 2.95. The number of hydrogen-bond donors (Lipinski definition) is 0. The quantitative estimate of drug-likeness (QED) is 0.528. The first-order valence-electron chi connectivity index (χ1n) is 9.08. The normalized spacial score (nSPS) is 15.2. The predicted molar refractivity (Wildman–Crippen MR) is 103 cm³/mol. The van der Waals surface area contributed by atoms with Crippen molar-refractivity contribution in [2.24, 2.45) is 5.92 Å². The molecule has 0 saturated carbocycles. The summed E-state index contributed by atoms with van der Waals surface area (Å²) in [5.41, 5.74) is 10.3. The maximum absolute atomic E-state index is 2.44. The van der Waals surface area contributed by atoms with Crippen LogP contribution in [0.2, 0.25) is 0 Å². The molecule has 2 aliphatic carbocycles. The fraction of sp³-hybridized carbons (Fsp3) is 0.250. The van der Waals surface area contributed by atoms with Gasteiger partial charge in [-0.1, -0.05) is 74.0 Å². The Morgan fingerprint density at radius 1 is 0.750 bits per heavy atom. The smallest absolute Gasteiger partial charge is 0.00550 e. The summed E-state index contributed by atoms with van der Waals surface area (Å²) in [6, 6.07) is 18.4. The number of hydrogen-bond acceptors (Lipinski definition) is 0. The van der Waals surface area contributed by atoms with Crippen LogP contribution in [0.15, 0.2) is 54.1 Å². The van der Waals surface area contributed by atoms with Crippen LogP contribution in [0.25, 0.3) is 28.0 Å². The van der Waals surface area contributed by atoms with Gasteiger partial charge >= 0.3 is 0 Å². The standard InChI is InChI=1S/C24H22/c1-15(2)19-13-18-6-4-7-20(23(18)14-19)21-12-11-17-10-9-16-5-3-8-22(21)24(16)17/h3-8,11-12,14-15H,9-10,13H2,1-2H3. The van der Waals surface area contributed by atoms with Crippen molar-refractivity contribution >= 4 is 16.8 Å². The molecule has 0 radical (unpaired) electrons. The van der Waals surface area contributed by atoms with E-state index in [1.54, 1.807) is 5.57 Å². The van der Waals surface area contributed by atoms with Gasteiger partial charge in [0.1, 0.15) is 0 Å². The van der Waals surface area contributed by atoms with Gasteiger partial charge in [0.15, 0.2) is 0 Å². The van der Waals surface area contributed by atoms with Crippen LogP contribution >= 0.6 is 0 Å². The van der Waals surface area contributed by atoms with Gasteiger partial charge in [-0.3, -0.25) is 0 Å². The average molecular weight is 310 g/mol. The Morgan fingerprint density at radius 2 is 1.50 bits per heavy atom. The minimum atomic E-state index is 0.623. The molecule has 0 amide bonds. The zero-order valence-electron chi connectivity index (χ0n) is 14.4. The van der Waals surface area contributed by atoms with E-state index >= 15 is 0 Å². The molecular formula is C24H22. The van der Waals surface area contributed by atoms with E-state index in [1.165, 1.54) is 57.0 Å². The van der Waals surface area contributed by atoms with Crippen molar-refractivity contribution in [3.63, 3.8) is 0 Å². The summed E-state index contributed by atoms with van der Waals surface area (Å²) >= 11 is 0. The van der Waals surface area contributed by atoms with Crippen molar-refractivity contribution in [1.29, 1.82) is 0 Å². The van der Waals surface area contributed by atoms with Gasteiger partial charge in [0.05, 0.1) is 0 Å². The van der Waals surface area contributed by atoms with Crippen molar-refractivity contribution in [2.45, 2.75) is 33.1 Å². The van der Waals surface area contributed by atoms with Crippen molar-refractivity contribution in [3.05, 3.63) is 76.4 Å². The molecular weight excluding hydrogens is 288 g/mol. The molecule has 0 atom stereocenters. The van der Waals surface area contributed by atoms with E-state index in [9.17, 15) is 0 Å². The van der Waals surface area contributed by atoms with E-state index in [0.717, 1.165) is 6.42 Å². The first-order chi connectivity index (χ1) is 11.7. The molecule has 0 nitrogen and oxygen atoms in total. The molecule has 0 aromatic heterocycles. The molecule has 0 heterocycles. The van der Waals surface area contributed by atoms with Crippen LogP contribution in [0.1, 0.15) is 36.1 Å². The van der Waals surface area contributed by atoms with Gasteiger partial charge in [-0.2, -0.15) is 0 Å². The van der Waals surface area contributed by atoms with Crippen LogP contribution in [0.3, 0.4) is 0 Å². The zero-order valence-corrected chi connectivity index (χ0v) is 14.4. The fourth-order valence-electron chi connectivity index (χ4n) is 4.48. The number of benzene rings is 3. The van der Waals surface area contributed by atoms with Gasteiger partial charge in [-0.05, 0) is 69.3 Å². The highest BCUT2D eigenvalue weighted by Crippen LogP contribution is 2.41. The minimum absolute atomic E-state index is 0.623. The lowest BCUT2D eigenvalue weighted by molar-refractivity contribution is 0.754. The maximum Gasteiger partial charge on any atom is -0.00550 e. The lowest BCUT2D eigenvalue weighted by Gasteiger charge is -2.12. The lowest BCUT2D eigenvalue weighted by atomic mass is 9.91. The first-order valence-corrected chi connectivity index (χ1v) is 9.08. The molecule has 3 aromatic carbocycles. The summed E-state index contributed by atoms with van der Waals surface area (Å²) in [4.78, 5) is 0. The van der Waals surface area contributed by atoms with Gasteiger partial charge in [0, 0.05) is 0 Å². The van der Waals surface area contributed by atoms with Crippen molar-refractivity contribution in [2.75, 3.05) is 0 Å². The molecule has 0 N–H and O–H groups in total. The Kier molecular flexibility index (Phi) is 2.97. The van der Waals surface area contributed by atoms with E-state index in [1.807, 2.05) is 0 Å². The molecule has 3 aromatic rings. The lowest BCUT2D eigenvalue weighted by Crippen LogP contribution is -1.93. The van der Waals surface area contributed by atoms with Crippen LogP contribution in [0.5, 0.6) is 0 Å². The average Bonchev–Trinajstić information content (AvgIpc) is 3.21. The molecule has 0 bridgehead atoms. The highest BCUT2D eigenvalue weighted by atomic mass is 14.3. The molecule has 0 saturated heterocycles. The predicted octanol–water partition coefficient (Wildman–Crippen LogP) is 6.20. The van der Waals surface area contributed by atoms with Gasteiger partial charge < -0.3 is 0 Å². The molecule has 0 spiro atoms. The van der Waals surface area contributed by atoms with Gasteiger partial charge in [-0.25, -0.2) is 0 Å². The SMILES string of the molecule is CC(C)C1=Cc2c(cccc2-c2ccc3c4c(cccc24)CC3)C1.